The Labute approximate surface area is 176 Å². The summed E-state index contributed by atoms with van der Waals surface area (Å²) in [7, 11) is 0. The molecule has 1 amide bonds. The third kappa shape index (κ3) is 10.7. The molecule has 0 bridgehead atoms. The van der Waals surface area contributed by atoms with Gasteiger partial charge in [-0.2, -0.15) is 0 Å². The lowest BCUT2D eigenvalue weighted by Crippen LogP contribution is -2.51. The van der Waals surface area contributed by atoms with Crippen LogP contribution in [0.4, 0.5) is 4.79 Å². The normalized spacial score (nSPS) is 18.6. The summed E-state index contributed by atoms with van der Waals surface area (Å²) in [4.78, 5) is 20.9. The van der Waals surface area contributed by atoms with Gasteiger partial charge in [-0.25, -0.2) is 4.79 Å². The molecule has 8 heteroatoms. The van der Waals surface area contributed by atoms with Gasteiger partial charge in [0.2, 0.25) is 0 Å². The minimum absolute atomic E-state index is 0.210. The second kappa shape index (κ2) is 12.2. The quantitative estimate of drug-likeness (QED) is 0.325. The zero-order valence-electron chi connectivity index (χ0n) is 18.8. The van der Waals surface area contributed by atoms with Gasteiger partial charge in [-0.3, -0.25) is 9.89 Å². The van der Waals surface area contributed by atoms with E-state index in [-0.39, 0.29) is 6.09 Å². The Morgan fingerprint density at radius 2 is 1.86 bits per heavy atom. The standard InChI is InChI=1S/C21H41N5O3/c1-5-22-19(23-9-6-16-28-17-18-7-8-18)24-10-11-25-12-14-26(15-13-25)20(27)29-21(2,3)4/h18H,5-17H2,1-4H3,(H2,22,23,24). The van der Waals surface area contributed by atoms with Crippen LogP contribution in [0.25, 0.3) is 0 Å². The first-order chi connectivity index (χ1) is 13.9. The fourth-order valence-electron chi connectivity index (χ4n) is 3.05. The second-order valence-corrected chi connectivity index (χ2v) is 8.87. The van der Waals surface area contributed by atoms with E-state index in [2.05, 4.69) is 27.4 Å². The zero-order valence-corrected chi connectivity index (χ0v) is 18.8. The fourth-order valence-corrected chi connectivity index (χ4v) is 3.05. The number of hydrogen-bond donors (Lipinski definition) is 2. The SMILES string of the molecule is CCNC(=NCCCOCC1CC1)NCCN1CCN(C(=O)OC(C)(C)C)CC1. The van der Waals surface area contributed by atoms with Crippen molar-refractivity contribution in [1.82, 2.24) is 20.4 Å². The molecule has 1 heterocycles. The van der Waals surface area contributed by atoms with Gasteiger partial charge >= 0.3 is 6.09 Å². The fraction of sp³-hybridized carbons (Fsp3) is 0.905. The molecule has 0 aromatic heterocycles. The number of nitrogens with zero attached hydrogens (tertiary/aromatic N) is 3. The van der Waals surface area contributed by atoms with Crippen LogP contribution in [0.3, 0.4) is 0 Å². The maximum atomic E-state index is 12.1. The number of carbonyl (C=O) groups excluding carboxylic acids is 1. The summed E-state index contributed by atoms with van der Waals surface area (Å²) in [6.45, 7) is 16.0. The number of nitrogens with one attached hydrogen (secondary N) is 2. The predicted octanol–water partition coefficient (Wildman–Crippen LogP) is 1.91. The molecule has 0 aromatic rings. The number of aliphatic imine (C=N–C) groups is 1. The van der Waals surface area contributed by atoms with Crippen LogP contribution in [0, 0.1) is 5.92 Å². The summed E-state index contributed by atoms with van der Waals surface area (Å²) in [6, 6.07) is 0. The zero-order chi connectivity index (χ0) is 21.1. The maximum Gasteiger partial charge on any atom is 0.410 e. The summed E-state index contributed by atoms with van der Waals surface area (Å²) in [5.74, 6) is 1.69. The lowest BCUT2D eigenvalue weighted by molar-refractivity contribution is 0.0147. The average Bonchev–Trinajstić information content (AvgIpc) is 3.48. The van der Waals surface area contributed by atoms with E-state index in [4.69, 9.17) is 9.47 Å². The average molecular weight is 412 g/mol. The Morgan fingerprint density at radius 1 is 1.14 bits per heavy atom. The Hall–Kier alpha value is -1.54. The Morgan fingerprint density at radius 3 is 2.48 bits per heavy atom. The number of piperazine rings is 1. The van der Waals surface area contributed by atoms with Crippen LogP contribution in [0.15, 0.2) is 4.99 Å². The number of hydrogen-bond acceptors (Lipinski definition) is 5. The van der Waals surface area contributed by atoms with Crippen LogP contribution in [-0.4, -0.2) is 93.0 Å². The van der Waals surface area contributed by atoms with E-state index in [0.717, 1.165) is 70.8 Å². The van der Waals surface area contributed by atoms with Gasteiger partial charge in [0, 0.05) is 65.6 Å². The largest absolute Gasteiger partial charge is 0.444 e. The first-order valence-corrected chi connectivity index (χ1v) is 11.2. The highest BCUT2D eigenvalue weighted by Gasteiger charge is 2.25. The topological polar surface area (TPSA) is 78.4 Å². The van der Waals surface area contributed by atoms with Crippen molar-refractivity contribution in [2.45, 2.75) is 52.6 Å². The molecule has 29 heavy (non-hydrogen) atoms. The van der Waals surface area contributed by atoms with Gasteiger partial charge in [0.05, 0.1) is 0 Å². The van der Waals surface area contributed by atoms with E-state index < -0.39 is 5.60 Å². The number of ether oxygens (including phenoxy) is 2. The highest BCUT2D eigenvalue weighted by molar-refractivity contribution is 5.79. The van der Waals surface area contributed by atoms with E-state index >= 15 is 0 Å². The van der Waals surface area contributed by atoms with Crippen LogP contribution in [0.5, 0.6) is 0 Å². The van der Waals surface area contributed by atoms with Gasteiger partial charge < -0.3 is 25.0 Å². The molecule has 1 saturated heterocycles. The van der Waals surface area contributed by atoms with Crippen molar-refractivity contribution in [2.75, 3.05) is 65.6 Å². The molecule has 1 saturated carbocycles. The van der Waals surface area contributed by atoms with E-state index in [9.17, 15) is 4.79 Å². The van der Waals surface area contributed by atoms with Crippen LogP contribution in [0.1, 0.15) is 47.0 Å². The number of amides is 1. The second-order valence-electron chi connectivity index (χ2n) is 8.87. The molecule has 0 spiro atoms. The van der Waals surface area contributed by atoms with Crippen molar-refractivity contribution in [3.63, 3.8) is 0 Å². The van der Waals surface area contributed by atoms with Crippen LogP contribution in [0.2, 0.25) is 0 Å². The van der Waals surface area contributed by atoms with Crippen LogP contribution < -0.4 is 10.6 Å². The predicted molar refractivity (Wildman–Crippen MR) is 116 cm³/mol. The van der Waals surface area contributed by atoms with Crippen molar-refractivity contribution in [2.24, 2.45) is 10.9 Å². The molecule has 0 aromatic carbocycles. The van der Waals surface area contributed by atoms with Gasteiger partial charge in [0.15, 0.2) is 5.96 Å². The van der Waals surface area contributed by atoms with Crippen molar-refractivity contribution >= 4 is 12.1 Å². The van der Waals surface area contributed by atoms with Gasteiger partial charge in [-0.1, -0.05) is 0 Å². The molecule has 2 rings (SSSR count). The van der Waals surface area contributed by atoms with Gasteiger partial charge in [0.25, 0.3) is 0 Å². The summed E-state index contributed by atoms with van der Waals surface area (Å²) in [5.41, 5.74) is -0.441. The third-order valence-corrected chi connectivity index (χ3v) is 4.86. The van der Waals surface area contributed by atoms with Gasteiger partial charge in [0.1, 0.15) is 5.60 Å². The highest BCUT2D eigenvalue weighted by Crippen LogP contribution is 2.28. The molecule has 0 atom stereocenters. The first-order valence-electron chi connectivity index (χ1n) is 11.2. The molecule has 1 aliphatic carbocycles. The number of rotatable bonds is 10. The molecule has 0 unspecified atom stereocenters. The van der Waals surface area contributed by atoms with Crippen molar-refractivity contribution < 1.29 is 14.3 Å². The molecule has 2 N–H and O–H groups in total. The molecule has 0 radical (unpaired) electrons. The highest BCUT2D eigenvalue weighted by atomic mass is 16.6. The summed E-state index contributed by atoms with van der Waals surface area (Å²) >= 11 is 0. The molecule has 1 aliphatic heterocycles. The van der Waals surface area contributed by atoms with Gasteiger partial charge in [-0.05, 0) is 52.9 Å². The summed E-state index contributed by atoms with van der Waals surface area (Å²) in [6.07, 6.45) is 3.42. The number of guanidine groups is 1. The minimum Gasteiger partial charge on any atom is -0.444 e. The smallest absolute Gasteiger partial charge is 0.410 e. The van der Waals surface area contributed by atoms with Crippen LogP contribution >= 0.6 is 0 Å². The molecule has 2 fully saturated rings. The van der Waals surface area contributed by atoms with Crippen LogP contribution in [-0.2, 0) is 9.47 Å². The lowest BCUT2D eigenvalue weighted by atomic mass is 10.2. The lowest BCUT2D eigenvalue weighted by Gasteiger charge is -2.35. The maximum absolute atomic E-state index is 12.1. The first kappa shape index (κ1) is 23.7. The van der Waals surface area contributed by atoms with E-state index in [1.54, 1.807) is 4.90 Å². The summed E-state index contributed by atoms with van der Waals surface area (Å²) < 4.78 is 11.1. The third-order valence-electron chi connectivity index (χ3n) is 4.86. The Bertz CT molecular complexity index is 509. The summed E-state index contributed by atoms with van der Waals surface area (Å²) in [5, 5.41) is 6.70. The monoisotopic (exact) mass is 411 g/mol. The van der Waals surface area contributed by atoms with Crippen molar-refractivity contribution in [1.29, 1.82) is 0 Å². The van der Waals surface area contributed by atoms with Crippen molar-refractivity contribution in [3.8, 4) is 0 Å². The molecule has 168 valence electrons. The van der Waals surface area contributed by atoms with E-state index in [1.807, 2.05) is 20.8 Å². The molecular formula is C21H41N5O3. The molecule has 8 nitrogen and oxygen atoms in total. The Balaban J connectivity index is 1.57. The minimum atomic E-state index is -0.441. The Kier molecular flexibility index (Phi) is 10.0. The number of carbonyl (C=O) groups is 1. The molecule has 2 aliphatic rings. The van der Waals surface area contributed by atoms with Crippen molar-refractivity contribution in [3.05, 3.63) is 0 Å². The van der Waals surface area contributed by atoms with E-state index in [1.165, 1.54) is 12.8 Å². The van der Waals surface area contributed by atoms with E-state index in [0.29, 0.717) is 13.1 Å². The van der Waals surface area contributed by atoms with Gasteiger partial charge in [-0.15, -0.1) is 0 Å². The molecular weight excluding hydrogens is 370 g/mol.